The molecule has 7 nitrogen and oxygen atoms in total. The van der Waals surface area contributed by atoms with Crippen LogP contribution >= 0.6 is 0 Å². The molecule has 2 aromatic rings. The Bertz CT molecular complexity index is 992. The third-order valence-corrected chi connectivity index (χ3v) is 5.16. The number of allylic oxidation sites excluding steroid dienone is 1. The van der Waals surface area contributed by atoms with Crippen LogP contribution < -0.4 is 4.74 Å². The minimum atomic E-state index is -0.691. The lowest BCUT2D eigenvalue weighted by molar-refractivity contribution is -0.129. The second-order valence-corrected chi connectivity index (χ2v) is 7.95. The van der Waals surface area contributed by atoms with E-state index in [9.17, 15) is 14.7 Å². The average molecular weight is 439 g/mol. The summed E-state index contributed by atoms with van der Waals surface area (Å²) in [5.41, 5.74) is 0.783. The molecule has 1 aliphatic heterocycles. The fourth-order valence-electron chi connectivity index (χ4n) is 3.67. The molecule has 0 aliphatic carbocycles. The summed E-state index contributed by atoms with van der Waals surface area (Å²) in [6, 6.07) is 10.1. The monoisotopic (exact) mass is 438 g/mol. The van der Waals surface area contributed by atoms with Crippen molar-refractivity contribution in [2.45, 2.75) is 25.8 Å². The Morgan fingerprint density at radius 2 is 2.09 bits per heavy atom. The van der Waals surface area contributed by atoms with Crippen molar-refractivity contribution in [2.24, 2.45) is 0 Å². The quantitative estimate of drug-likeness (QED) is 0.534. The van der Waals surface area contributed by atoms with Gasteiger partial charge in [-0.2, -0.15) is 0 Å². The molecule has 32 heavy (non-hydrogen) atoms. The van der Waals surface area contributed by atoms with E-state index >= 15 is 0 Å². The molecule has 0 spiro atoms. The molecule has 0 saturated heterocycles. The highest BCUT2D eigenvalue weighted by atomic mass is 16.5. The zero-order valence-corrected chi connectivity index (χ0v) is 18.8. The van der Waals surface area contributed by atoms with E-state index in [2.05, 4.69) is 0 Å². The molecule has 0 saturated carbocycles. The number of carbonyl (C=O) groups excluding carboxylic acids is 2. The normalized spacial score (nSPS) is 16.6. The van der Waals surface area contributed by atoms with E-state index < -0.39 is 23.5 Å². The maximum Gasteiger partial charge on any atom is 0.290 e. The van der Waals surface area contributed by atoms with Crippen LogP contribution in [0.1, 0.15) is 37.1 Å². The highest BCUT2D eigenvalue weighted by Crippen LogP contribution is 2.39. The first-order valence-electron chi connectivity index (χ1n) is 10.8. The SMILES string of the molecule is CCCOc1cccc(C2C(C(=O)/C=C/c3ccco3)=C(O)C(=O)N2CCCN(C)C)c1. The molecule has 0 fully saturated rings. The van der Waals surface area contributed by atoms with Crippen LogP contribution in [0.2, 0.25) is 0 Å². The summed E-state index contributed by atoms with van der Waals surface area (Å²) in [7, 11) is 3.92. The zero-order chi connectivity index (χ0) is 23.1. The molecule has 1 atom stereocenters. The van der Waals surface area contributed by atoms with E-state index in [0.717, 1.165) is 18.5 Å². The molecule has 170 valence electrons. The van der Waals surface area contributed by atoms with Gasteiger partial charge in [-0.1, -0.05) is 19.1 Å². The largest absolute Gasteiger partial charge is 0.503 e. The van der Waals surface area contributed by atoms with Gasteiger partial charge in [0.1, 0.15) is 11.5 Å². The van der Waals surface area contributed by atoms with Crippen LogP contribution in [0.25, 0.3) is 6.08 Å². The van der Waals surface area contributed by atoms with Gasteiger partial charge in [0.15, 0.2) is 11.5 Å². The highest BCUT2D eigenvalue weighted by molar-refractivity contribution is 6.14. The first kappa shape index (κ1) is 23.3. The van der Waals surface area contributed by atoms with Gasteiger partial charge < -0.3 is 24.1 Å². The topological polar surface area (TPSA) is 83.2 Å². The predicted molar refractivity (Wildman–Crippen MR) is 122 cm³/mol. The number of rotatable bonds is 11. The first-order valence-corrected chi connectivity index (χ1v) is 10.8. The van der Waals surface area contributed by atoms with Gasteiger partial charge in [-0.3, -0.25) is 9.59 Å². The van der Waals surface area contributed by atoms with Gasteiger partial charge in [0.2, 0.25) is 0 Å². The molecule has 1 aromatic carbocycles. The Labute approximate surface area is 188 Å². The third kappa shape index (κ3) is 5.48. The number of benzene rings is 1. The van der Waals surface area contributed by atoms with Gasteiger partial charge in [0.25, 0.3) is 5.91 Å². The van der Waals surface area contributed by atoms with Crippen molar-refractivity contribution in [3.63, 3.8) is 0 Å². The number of aliphatic hydroxyl groups is 1. The van der Waals surface area contributed by atoms with Crippen molar-refractivity contribution < 1.29 is 23.8 Å². The number of ether oxygens (including phenoxy) is 1. The standard InChI is InChI=1S/C25H30N2O5/c1-4-15-31-20-9-5-8-18(17-20)23-22(21(28)12-11-19-10-6-16-32-19)24(29)25(30)27(23)14-7-13-26(2)3/h5-6,8-12,16-17,23,29H,4,7,13-15H2,1-3H3/b12-11+. The van der Waals surface area contributed by atoms with Gasteiger partial charge in [0.05, 0.1) is 24.5 Å². The lowest BCUT2D eigenvalue weighted by Gasteiger charge is -2.27. The number of nitrogens with zero attached hydrogens (tertiary/aromatic N) is 2. The van der Waals surface area contributed by atoms with Crippen molar-refractivity contribution >= 4 is 17.8 Å². The van der Waals surface area contributed by atoms with Crippen molar-refractivity contribution in [1.82, 2.24) is 9.80 Å². The van der Waals surface area contributed by atoms with E-state index in [1.54, 1.807) is 17.0 Å². The Kier molecular flexibility index (Phi) is 7.89. The number of hydrogen-bond donors (Lipinski definition) is 1. The molecule has 1 amide bonds. The number of aliphatic hydroxyl groups excluding tert-OH is 1. The van der Waals surface area contributed by atoms with Crippen LogP contribution in [0.4, 0.5) is 0 Å². The molecule has 0 radical (unpaired) electrons. The summed E-state index contributed by atoms with van der Waals surface area (Å²) in [5, 5.41) is 10.7. The van der Waals surface area contributed by atoms with E-state index in [4.69, 9.17) is 9.15 Å². The maximum absolute atomic E-state index is 13.1. The van der Waals surface area contributed by atoms with Crippen LogP contribution in [0, 0.1) is 0 Å². The fraction of sp³-hybridized carbons (Fsp3) is 0.360. The van der Waals surface area contributed by atoms with Crippen LogP contribution in [-0.4, -0.2) is 60.4 Å². The summed E-state index contributed by atoms with van der Waals surface area (Å²) in [4.78, 5) is 29.6. The van der Waals surface area contributed by atoms with Crippen molar-refractivity contribution in [2.75, 3.05) is 33.8 Å². The second-order valence-electron chi connectivity index (χ2n) is 7.95. The number of carbonyl (C=O) groups is 2. The summed E-state index contributed by atoms with van der Waals surface area (Å²) in [5.74, 6) is -0.309. The summed E-state index contributed by atoms with van der Waals surface area (Å²) >= 11 is 0. The maximum atomic E-state index is 13.1. The van der Waals surface area contributed by atoms with Gasteiger partial charge >= 0.3 is 0 Å². The molecule has 3 rings (SSSR count). The summed E-state index contributed by atoms with van der Waals surface area (Å²) < 4.78 is 11.0. The smallest absolute Gasteiger partial charge is 0.290 e. The van der Waals surface area contributed by atoms with Crippen LogP contribution in [-0.2, 0) is 9.59 Å². The van der Waals surface area contributed by atoms with Crippen LogP contribution in [0.3, 0.4) is 0 Å². The Balaban J connectivity index is 1.95. The molecule has 1 N–H and O–H groups in total. The molecule has 1 unspecified atom stereocenters. The minimum absolute atomic E-state index is 0.0651. The van der Waals surface area contributed by atoms with Crippen LogP contribution in [0.15, 0.2) is 64.5 Å². The van der Waals surface area contributed by atoms with E-state index in [1.165, 1.54) is 18.4 Å². The lowest BCUT2D eigenvalue weighted by atomic mass is 9.95. The minimum Gasteiger partial charge on any atom is -0.503 e. The summed E-state index contributed by atoms with van der Waals surface area (Å²) in [6.45, 7) is 3.77. The van der Waals surface area contributed by atoms with Gasteiger partial charge in [0, 0.05) is 6.54 Å². The lowest BCUT2D eigenvalue weighted by Crippen LogP contribution is -2.33. The van der Waals surface area contributed by atoms with Gasteiger partial charge in [-0.05, 0) is 75.5 Å². The van der Waals surface area contributed by atoms with Crippen LogP contribution in [0.5, 0.6) is 5.75 Å². The number of hydrogen-bond acceptors (Lipinski definition) is 6. The Morgan fingerprint density at radius 3 is 2.78 bits per heavy atom. The van der Waals surface area contributed by atoms with Crippen molar-refractivity contribution in [3.05, 3.63) is 71.4 Å². The predicted octanol–water partition coefficient (Wildman–Crippen LogP) is 4.00. The Morgan fingerprint density at radius 1 is 1.28 bits per heavy atom. The Hall–Kier alpha value is -3.32. The average Bonchev–Trinajstić information content (AvgIpc) is 3.38. The summed E-state index contributed by atoms with van der Waals surface area (Å²) in [6.07, 6.45) is 5.94. The molecule has 1 aliphatic rings. The van der Waals surface area contributed by atoms with Crippen molar-refractivity contribution in [3.8, 4) is 5.75 Å². The number of amides is 1. The molecule has 7 heteroatoms. The van der Waals surface area contributed by atoms with E-state index in [0.29, 0.717) is 31.1 Å². The van der Waals surface area contributed by atoms with E-state index in [1.807, 2.05) is 50.2 Å². The molecule has 2 heterocycles. The third-order valence-electron chi connectivity index (χ3n) is 5.16. The number of ketones is 1. The van der Waals surface area contributed by atoms with Gasteiger partial charge in [-0.25, -0.2) is 0 Å². The van der Waals surface area contributed by atoms with Gasteiger partial charge in [-0.15, -0.1) is 0 Å². The molecule has 0 bridgehead atoms. The molecular weight excluding hydrogens is 408 g/mol. The van der Waals surface area contributed by atoms with Crippen molar-refractivity contribution in [1.29, 1.82) is 0 Å². The fourth-order valence-corrected chi connectivity index (χ4v) is 3.67. The zero-order valence-electron chi connectivity index (χ0n) is 18.8. The first-order chi connectivity index (χ1) is 15.4. The second kappa shape index (κ2) is 10.8. The molecule has 1 aromatic heterocycles. The molecular formula is C25H30N2O5. The number of furan rings is 1. The van der Waals surface area contributed by atoms with E-state index in [-0.39, 0.29) is 5.57 Å². The highest BCUT2D eigenvalue weighted by Gasteiger charge is 2.42.